The van der Waals surface area contributed by atoms with Gasteiger partial charge in [0.05, 0.1) is 5.56 Å². The lowest BCUT2D eigenvalue weighted by Gasteiger charge is -2.24. The zero-order valence-corrected chi connectivity index (χ0v) is 11.6. The van der Waals surface area contributed by atoms with Crippen LogP contribution in [0.4, 0.5) is 4.39 Å². The van der Waals surface area contributed by atoms with Crippen LogP contribution in [0.5, 0.6) is 5.75 Å². The molecule has 1 aliphatic rings. The maximum Gasteiger partial charge on any atom is 0.335 e. The molecule has 0 bridgehead atoms. The third-order valence-corrected chi connectivity index (χ3v) is 3.72. The molecule has 1 aliphatic heterocycles. The minimum atomic E-state index is -0.940. The van der Waals surface area contributed by atoms with Gasteiger partial charge in [-0.3, -0.25) is 0 Å². The lowest BCUT2D eigenvalue weighted by molar-refractivity contribution is 0.0696. The van der Waals surface area contributed by atoms with E-state index in [9.17, 15) is 9.18 Å². The first kappa shape index (κ1) is 13.6. The van der Waals surface area contributed by atoms with Crippen molar-refractivity contribution in [2.24, 2.45) is 0 Å². The predicted octanol–water partition coefficient (Wildman–Crippen LogP) is 3.46. The van der Waals surface area contributed by atoms with Gasteiger partial charge in [-0.25, -0.2) is 9.18 Å². The summed E-state index contributed by atoms with van der Waals surface area (Å²) in [6, 6.07) is 11.3. The first-order valence-electron chi connectivity index (χ1n) is 6.75. The van der Waals surface area contributed by atoms with E-state index in [0.29, 0.717) is 12.8 Å². The van der Waals surface area contributed by atoms with Crippen molar-refractivity contribution in [2.75, 3.05) is 0 Å². The van der Waals surface area contributed by atoms with Gasteiger partial charge in [0.25, 0.3) is 0 Å². The molecule has 0 amide bonds. The average molecular weight is 286 g/mol. The van der Waals surface area contributed by atoms with Gasteiger partial charge in [-0.15, -0.1) is 0 Å². The molecule has 1 heterocycles. The molecule has 3 nitrogen and oxygen atoms in total. The Labute approximate surface area is 122 Å². The summed E-state index contributed by atoms with van der Waals surface area (Å²) in [5.41, 5.74) is 1.73. The predicted molar refractivity (Wildman–Crippen MR) is 76.2 cm³/mol. The number of carboxylic acid groups (broad SMARTS) is 1. The fourth-order valence-corrected chi connectivity index (χ4v) is 2.79. The summed E-state index contributed by atoms with van der Waals surface area (Å²) in [5.74, 6) is -0.472. The highest BCUT2D eigenvalue weighted by Crippen LogP contribution is 2.37. The number of hydrogen-bond acceptors (Lipinski definition) is 2. The molecule has 4 heteroatoms. The van der Waals surface area contributed by atoms with Gasteiger partial charge in [0.2, 0.25) is 0 Å². The van der Waals surface area contributed by atoms with Crippen LogP contribution in [0.25, 0.3) is 0 Å². The minimum Gasteiger partial charge on any atom is -0.487 e. The highest BCUT2D eigenvalue weighted by atomic mass is 19.1. The minimum absolute atomic E-state index is 0.259. The lowest BCUT2D eigenvalue weighted by atomic mass is 9.91. The third kappa shape index (κ3) is 2.75. The number of fused-ring (bicyclic) bond motifs is 1. The summed E-state index contributed by atoms with van der Waals surface area (Å²) in [4.78, 5) is 11.0. The van der Waals surface area contributed by atoms with Crippen molar-refractivity contribution in [1.29, 1.82) is 0 Å². The van der Waals surface area contributed by atoms with Gasteiger partial charge < -0.3 is 9.84 Å². The Balaban J connectivity index is 1.82. The number of hydrogen-bond donors (Lipinski definition) is 1. The maximum absolute atomic E-state index is 12.9. The number of carboxylic acids is 1. The molecule has 21 heavy (non-hydrogen) atoms. The van der Waals surface area contributed by atoms with Gasteiger partial charge in [-0.1, -0.05) is 12.1 Å². The van der Waals surface area contributed by atoms with Crippen molar-refractivity contribution in [3.8, 4) is 5.75 Å². The summed E-state index contributed by atoms with van der Waals surface area (Å²) in [7, 11) is 0. The highest BCUT2D eigenvalue weighted by molar-refractivity contribution is 5.88. The van der Waals surface area contributed by atoms with E-state index >= 15 is 0 Å². The van der Waals surface area contributed by atoms with Crippen molar-refractivity contribution in [1.82, 2.24) is 0 Å². The van der Waals surface area contributed by atoms with E-state index in [2.05, 4.69) is 0 Å². The smallest absolute Gasteiger partial charge is 0.335 e. The summed E-state index contributed by atoms with van der Waals surface area (Å²) in [5, 5.41) is 9.03. The van der Waals surface area contributed by atoms with Gasteiger partial charge in [0, 0.05) is 12.8 Å². The molecule has 0 spiro atoms. The number of aromatic carboxylic acids is 1. The molecule has 0 fully saturated rings. The summed E-state index contributed by atoms with van der Waals surface area (Å²) < 4.78 is 18.9. The van der Waals surface area contributed by atoms with Crippen LogP contribution < -0.4 is 4.74 Å². The molecular weight excluding hydrogens is 271 g/mol. The molecule has 0 saturated carbocycles. The lowest BCUT2D eigenvalue weighted by Crippen LogP contribution is -2.32. The molecule has 3 rings (SSSR count). The largest absolute Gasteiger partial charge is 0.487 e. The van der Waals surface area contributed by atoms with Crippen LogP contribution in [-0.2, 0) is 12.8 Å². The second-order valence-electron chi connectivity index (χ2n) is 5.66. The van der Waals surface area contributed by atoms with Gasteiger partial charge in [-0.05, 0) is 48.4 Å². The average Bonchev–Trinajstić information content (AvgIpc) is 2.76. The van der Waals surface area contributed by atoms with E-state index in [4.69, 9.17) is 9.84 Å². The van der Waals surface area contributed by atoms with E-state index in [1.54, 1.807) is 30.3 Å². The third-order valence-electron chi connectivity index (χ3n) is 3.72. The van der Waals surface area contributed by atoms with E-state index in [-0.39, 0.29) is 11.4 Å². The Morgan fingerprint density at radius 3 is 2.67 bits per heavy atom. The summed E-state index contributed by atoms with van der Waals surface area (Å²) in [6.07, 6.45) is 1.28. The molecule has 2 aromatic carbocycles. The number of benzene rings is 2. The molecule has 1 N–H and O–H groups in total. The standard InChI is InChI=1S/C17H15FO3/c1-17(9-11-2-5-14(18)6-3-11)10-13-8-12(16(19)20)4-7-15(13)21-17/h2-8H,9-10H2,1H3,(H,19,20)/t17-/m1/s1. The Morgan fingerprint density at radius 1 is 1.29 bits per heavy atom. The van der Waals surface area contributed by atoms with E-state index in [1.807, 2.05) is 6.92 Å². The Hall–Kier alpha value is -2.36. The van der Waals surface area contributed by atoms with Gasteiger partial charge in [0.1, 0.15) is 17.2 Å². The zero-order valence-electron chi connectivity index (χ0n) is 11.6. The second kappa shape index (κ2) is 4.88. The fraction of sp³-hybridized carbons (Fsp3) is 0.235. The van der Waals surface area contributed by atoms with E-state index in [1.165, 1.54) is 12.1 Å². The van der Waals surface area contributed by atoms with Gasteiger partial charge in [0.15, 0.2) is 0 Å². The molecule has 2 aromatic rings. The van der Waals surface area contributed by atoms with Crippen LogP contribution in [0.2, 0.25) is 0 Å². The monoisotopic (exact) mass is 286 g/mol. The molecule has 0 saturated heterocycles. The van der Waals surface area contributed by atoms with Crippen molar-refractivity contribution >= 4 is 5.97 Å². The van der Waals surface area contributed by atoms with Crippen molar-refractivity contribution < 1.29 is 19.0 Å². The van der Waals surface area contributed by atoms with Crippen molar-refractivity contribution in [3.05, 3.63) is 65.0 Å². The zero-order chi connectivity index (χ0) is 15.0. The molecule has 0 aromatic heterocycles. The number of carbonyl (C=O) groups is 1. The normalized spacial score (nSPS) is 19.9. The Kier molecular flexibility index (Phi) is 3.16. The SMILES string of the molecule is C[C@@]1(Cc2ccc(F)cc2)Cc2cc(C(=O)O)ccc2O1. The Morgan fingerprint density at radius 2 is 2.00 bits per heavy atom. The van der Waals surface area contributed by atoms with Crippen LogP contribution in [0.15, 0.2) is 42.5 Å². The number of ether oxygens (including phenoxy) is 1. The molecular formula is C17H15FO3. The maximum atomic E-state index is 12.9. The van der Waals surface area contributed by atoms with Crippen molar-refractivity contribution in [2.45, 2.75) is 25.4 Å². The first-order valence-corrected chi connectivity index (χ1v) is 6.75. The van der Waals surface area contributed by atoms with Crippen LogP contribution in [-0.4, -0.2) is 16.7 Å². The van der Waals surface area contributed by atoms with Crippen LogP contribution in [0, 0.1) is 5.82 Å². The molecule has 108 valence electrons. The highest BCUT2D eigenvalue weighted by Gasteiger charge is 2.35. The quantitative estimate of drug-likeness (QED) is 0.940. The molecule has 1 atom stereocenters. The molecule has 0 unspecified atom stereocenters. The summed E-state index contributed by atoms with van der Waals surface area (Å²) >= 11 is 0. The van der Waals surface area contributed by atoms with E-state index in [0.717, 1.165) is 16.9 Å². The second-order valence-corrected chi connectivity index (χ2v) is 5.66. The first-order chi connectivity index (χ1) is 9.95. The summed E-state index contributed by atoms with van der Waals surface area (Å²) in [6.45, 7) is 1.98. The van der Waals surface area contributed by atoms with Crippen LogP contribution in [0.1, 0.15) is 28.4 Å². The van der Waals surface area contributed by atoms with Gasteiger partial charge >= 0.3 is 5.97 Å². The van der Waals surface area contributed by atoms with E-state index < -0.39 is 11.6 Å². The van der Waals surface area contributed by atoms with Crippen LogP contribution >= 0.6 is 0 Å². The fourth-order valence-electron chi connectivity index (χ4n) is 2.79. The van der Waals surface area contributed by atoms with Crippen LogP contribution in [0.3, 0.4) is 0 Å². The number of rotatable bonds is 3. The molecule has 0 aliphatic carbocycles. The number of halogens is 1. The van der Waals surface area contributed by atoms with Gasteiger partial charge in [-0.2, -0.15) is 0 Å². The molecule has 0 radical (unpaired) electrons. The topological polar surface area (TPSA) is 46.5 Å². The van der Waals surface area contributed by atoms with Crippen molar-refractivity contribution in [3.63, 3.8) is 0 Å². The Bertz CT molecular complexity index is 694.